The van der Waals surface area contributed by atoms with Crippen LogP contribution in [-0.4, -0.2) is 21.4 Å². The van der Waals surface area contributed by atoms with Gasteiger partial charge in [0.2, 0.25) is 5.60 Å². The number of hydrogen-bond acceptors (Lipinski definition) is 4. The number of thiazole rings is 1. The van der Waals surface area contributed by atoms with E-state index in [1.165, 1.54) is 5.38 Å². The van der Waals surface area contributed by atoms with Crippen LogP contribution in [0, 0.1) is 0 Å². The van der Waals surface area contributed by atoms with Crippen LogP contribution in [0.3, 0.4) is 0 Å². The molecule has 0 bridgehead atoms. The maximum Gasteiger partial charge on any atom is 0.423 e. The molecule has 1 atom stereocenters. The quantitative estimate of drug-likeness (QED) is 0.803. The average Bonchev–Trinajstić information content (AvgIpc) is 2.49. The fraction of sp³-hybridized carbons (Fsp3) is 0.571. The fourth-order valence-corrected chi connectivity index (χ4v) is 1.61. The zero-order chi connectivity index (χ0) is 11.0. The Labute approximate surface area is 81.8 Å². The predicted octanol–water partition coefficient (Wildman–Crippen LogP) is 1.41. The summed E-state index contributed by atoms with van der Waals surface area (Å²) in [5.74, 6) is 0. The minimum Gasteiger partial charge on any atom is -0.390 e. The minimum absolute atomic E-state index is 0.120. The summed E-state index contributed by atoms with van der Waals surface area (Å²) in [4.78, 5) is 3.47. The molecule has 0 saturated heterocycles. The van der Waals surface area contributed by atoms with Crippen molar-refractivity contribution in [3.05, 3.63) is 16.1 Å². The Balaban J connectivity index is 3.04. The molecule has 1 heterocycles. The second-order valence-corrected chi connectivity index (χ2v) is 3.73. The van der Waals surface area contributed by atoms with Gasteiger partial charge in [0.25, 0.3) is 0 Å². The van der Waals surface area contributed by atoms with Gasteiger partial charge in [-0.1, -0.05) is 0 Å². The molecule has 0 aliphatic rings. The van der Waals surface area contributed by atoms with Crippen molar-refractivity contribution in [3.8, 4) is 0 Å². The first-order valence-corrected chi connectivity index (χ1v) is 4.52. The third kappa shape index (κ3) is 1.89. The van der Waals surface area contributed by atoms with Crippen molar-refractivity contribution >= 4 is 11.3 Å². The van der Waals surface area contributed by atoms with Crippen LogP contribution < -0.4 is 0 Å². The van der Waals surface area contributed by atoms with E-state index in [-0.39, 0.29) is 5.69 Å². The average molecular weight is 227 g/mol. The van der Waals surface area contributed by atoms with Gasteiger partial charge < -0.3 is 10.2 Å². The molecule has 0 aliphatic heterocycles. The SMILES string of the molecule is CC(O)(c1nc(CO)cs1)C(F)(F)F. The molecule has 0 radical (unpaired) electrons. The van der Waals surface area contributed by atoms with Crippen molar-refractivity contribution in [2.45, 2.75) is 25.3 Å². The van der Waals surface area contributed by atoms with Crippen molar-refractivity contribution in [2.24, 2.45) is 0 Å². The molecular weight excluding hydrogens is 219 g/mol. The standard InChI is InChI=1S/C7H8F3NO2S/c1-6(13,7(8,9)10)5-11-4(2-12)3-14-5/h3,12-13H,2H2,1H3. The molecule has 0 amide bonds. The van der Waals surface area contributed by atoms with Gasteiger partial charge in [0.15, 0.2) is 0 Å². The van der Waals surface area contributed by atoms with E-state index in [2.05, 4.69) is 4.98 Å². The molecule has 1 aromatic rings. The number of aliphatic hydroxyl groups excluding tert-OH is 1. The highest BCUT2D eigenvalue weighted by atomic mass is 32.1. The smallest absolute Gasteiger partial charge is 0.390 e. The third-order valence-corrected chi connectivity index (χ3v) is 2.78. The minimum atomic E-state index is -4.77. The summed E-state index contributed by atoms with van der Waals surface area (Å²) >= 11 is 0.667. The Bertz CT molecular complexity index is 321. The van der Waals surface area contributed by atoms with Gasteiger partial charge in [-0.3, -0.25) is 0 Å². The number of rotatable bonds is 2. The van der Waals surface area contributed by atoms with Crippen LogP contribution in [0.5, 0.6) is 0 Å². The number of aliphatic hydroxyl groups is 2. The maximum atomic E-state index is 12.3. The van der Waals surface area contributed by atoms with Crippen LogP contribution in [0.4, 0.5) is 13.2 Å². The number of nitrogens with zero attached hydrogens (tertiary/aromatic N) is 1. The highest BCUT2D eigenvalue weighted by molar-refractivity contribution is 7.09. The zero-order valence-electron chi connectivity index (χ0n) is 7.17. The molecule has 0 saturated carbocycles. The van der Waals surface area contributed by atoms with Crippen molar-refractivity contribution in [1.82, 2.24) is 4.98 Å². The third-order valence-electron chi connectivity index (χ3n) is 1.68. The molecule has 3 nitrogen and oxygen atoms in total. The molecule has 0 fully saturated rings. The van der Waals surface area contributed by atoms with Gasteiger partial charge in [0, 0.05) is 5.38 Å². The first kappa shape index (κ1) is 11.4. The van der Waals surface area contributed by atoms with Gasteiger partial charge in [-0.15, -0.1) is 11.3 Å². The largest absolute Gasteiger partial charge is 0.423 e. The van der Waals surface area contributed by atoms with E-state index in [4.69, 9.17) is 5.11 Å². The second kappa shape index (κ2) is 3.48. The van der Waals surface area contributed by atoms with Crippen LogP contribution in [0.25, 0.3) is 0 Å². The van der Waals surface area contributed by atoms with Crippen molar-refractivity contribution in [2.75, 3.05) is 0 Å². The Morgan fingerprint density at radius 1 is 1.50 bits per heavy atom. The van der Waals surface area contributed by atoms with E-state index in [0.29, 0.717) is 18.3 Å². The molecule has 0 aliphatic carbocycles. The van der Waals surface area contributed by atoms with Crippen LogP contribution in [-0.2, 0) is 12.2 Å². The van der Waals surface area contributed by atoms with Crippen molar-refractivity contribution < 1.29 is 23.4 Å². The van der Waals surface area contributed by atoms with Crippen LogP contribution in [0.2, 0.25) is 0 Å². The van der Waals surface area contributed by atoms with Gasteiger partial charge in [-0.2, -0.15) is 13.2 Å². The molecule has 0 spiro atoms. The summed E-state index contributed by atoms with van der Waals surface area (Å²) in [5.41, 5.74) is -2.83. The van der Waals surface area contributed by atoms with E-state index >= 15 is 0 Å². The summed E-state index contributed by atoms with van der Waals surface area (Å²) in [6.45, 7) is 0.192. The molecule has 7 heteroatoms. The molecule has 1 unspecified atom stereocenters. The molecule has 1 rings (SSSR count). The molecule has 2 N–H and O–H groups in total. The van der Waals surface area contributed by atoms with Crippen molar-refractivity contribution in [1.29, 1.82) is 0 Å². The second-order valence-electron chi connectivity index (χ2n) is 2.87. The van der Waals surface area contributed by atoms with Gasteiger partial charge in [0.1, 0.15) is 5.01 Å². The number of hydrogen-bond donors (Lipinski definition) is 2. The zero-order valence-corrected chi connectivity index (χ0v) is 7.98. The lowest BCUT2D eigenvalue weighted by Crippen LogP contribution is -2.39. The van der Waals surface area contributed by atoms with E-state index in [0.717, 1.165) is 0 Å². The summed E-state index contributed by atoms with van der Waals surface area (Å²) in [6, 6.07) is 0. The highest BCUT2D eigenvalue weighted by Crippen LogP contribution is 2.39. The lowest BCUT2D eigenvalue weighted by atomic mass is 10.1. The van der Waals surface area contributed by atoms with E-state index in [1.54, 1.807) is 0 Å². The number of aromatic nitrogens is 1. The van der Waals surface area contributed by atoms with Gasteiger partial charge in [-0.05, 0) is 6.92 Å². The first-order chi connectivity index (χ1) is 6.29. The van der Waals surface area contributed by atoms with Crippen molar-refractivity contribution in [3.63, 3.8) is 0 Å². The number of alkyl halides is 3. The summed E-state index contributed by atoms with van der Waals surface area (Å²) < 4.78 is 36.9. The monoisotopic (exact) mass is 227 g/mol. The van der Waals surface area contributed by atoms with Gasteiger partial charge in [0.05, 0.1) is 12.3 Å². The topological polar surface area (TPSA) is 53.4 Å². The van der Waals surface area contributed by atoms with Crippen LogP contribution >= 0.6 is 11.3 Å². The van der Waals surface area contributed by atoms with Crippen LogP contribution in [0.15, 0.2) is 5.38 Å². The Morgan fingerprint density at radius 2 is 2.07 bits per heavy atom. The van der Waals surface area contributed by atoms with Gasteiger partial charge in [-0.25, -0.2) is 4.98 Å². The van der Waals surface area contributed by atoms with Gasteiger partial charge >= 0.3 is 6.18 Å². The highest BCUT2D eigenvalue weighted by Gasteiger charge is 2.53. The van der Waals surface area contributed by atoms with E-state index in [1.807, 2.05) is 0 Å². The summed E-state index contributed by atoms with van der Waals surface area (Å²) in [6.07, 6.45) is -4.77. The van der Waals surface area contributed by atoms with E-state index < -0.39 is 23.4 Å². The Kier molecular flexibility index (Phi) is 2.84. The Hall–Kier alpha value is -0.660. The molecule has 0 aromatic carbocycles. The molecule has 1 aromatic heterocycles. The fourth-order valence-electron chi connectivity index (χ4n) is 0.724. The Morgan fingerprint density at radius 3 is 2.43 bits per heavy atom. The lowest BCUT2D eigenvalue weighted by Gasteiger charge is -2.23. The molecule has 80 valence electrons. The summed E-state index contributed by atoms with van der Waals surface area (Å²) in [7, 11) is 0. The maximum absolute atomic E-state index is 12.3. The molecular formula is C7H8F3NO2S. The molecule has 14 heavy (non-hydrogen) atoms. The normalized spacial score (nSPS) is 16.7. The summed E-state index contributed by atoms with van der Waals surface area (Å²) in [5, 5.41) is 18.6. The number of halogens is 3. The first-order valence-electron chi connectivity index (χ1n) is 3.64. The predicted molar refractivity (Wildman–Crippen MR) is 43.7 cm³/mol. The van der Waals surface area contributed by atoms with E-state index in [9.17, 15) is 18.3 Å². The lowest BCUT2D eigenvalue weighted by molar-refractivity contribution is -0.258. The van der Waals surface area contributed by atoms with Crippen LogP contribution in [0.1, 0.15) is 17.6 Å².